The summed E-state index contributed by atoms with van der Waals surface area (Å²) in [4.78, 5) is 31.2. The molecule has 0 saturated carbocycles. The van der Waals surface area contributed by atoms with E-state index in [1.165, 1.54) is 19.3 Å². The van der Waals surface area contributed by atoms with E-state index in [2.05, 4.69) is 4.90 Å². The Balaban J connectivity index is 1.58. The number of likely N-dealkylation sites (tertiary alicyclic amines) is 2. The average molecular weight is 364 g/mol. The van der Waals surface area contributed by atoms with Crippen molar-refractivity contribution in [3.63, 3.8) is 0 Å². The second kappa shape index (κ2) is 8.81. The lowest BCUT2D eigenvalue weighted by Gasteiger charge is -2.40. The van der Waals surface area contributed by atoms with E-state index in [9.17, 15) is 9.59 Å². The molecule has 0 N–H and O–H groups in total. The Kier molecular flexibility index (Phi) is 6.48. The molecule has 1 aromatic rings. The minimum absolute atomic E-state index is 0.102. The van der Waals surface area contributed by atoms with E-state index < -0.39 is 0 Å². The van der Waals surface area contributed by atoms with E-state index in [0.29, 0.717) is 6.54 Å². The van der Waals surface area contributed by atoms with Gasteiger partial charge in [0.05, 0.1) is 5.56 Å². The molecular formula is C19H29N3O2S. The zero-order chi connectivity index (χ0) is 17.6. The number of hydrogen-bond acceptors (Lipinski definition) is 4. The maximum Gasteiger partial charge on any atom is 0.254 e. The van der Waals surface area contributed by atoms with Gasteiger partial charge in [0.2, 0.25) is 5.91 Å². The maximum absolute atomic E-state index is 12.6. The zero-order valence-electron chi connectivity index (χ0n) is 15.2. The summed E-state index contributed by atoms with van der Waals surface area (Å²) in [6.45, 7) is 7.15. The maximum atomic E-state index is 12.6. The molecule has 6 heteroatoms. The molecule has 2 aliphatic rings. The predicted octanol–water partition coefficient (Wildman–Crippen LogP) is 2.69. The highest BCUT2D eigenvalue weighted by atomic mass is 32.1. The smallest absolute Gasteiger partial charge is 0.254 e. The Morgan fingerprint density at radius 1 is 1.20 bits per heavy atom. The summed E-state index contributed by atoms with van der Waals surface area (Å²) in [5, 5.41) is 3.85. The van der Waals surface area contributed by atoms with E-state index in [1.807, 2.05) is 26.6 Å². The van der Waals surface area contributed by atoms with Crippen molar-refractivity contribution in [3.8, 4) is 0 Å². The van der Waals surface area contributed by atoms with Gasteiger partial charge in [0.25, 0.3) is 5.91 Å². The number of piperidine rings is 2. The third-order valence-corrected chi connectivity index (χ3v) is 6.09. The number of amides is 2. The van der Waals surface area contributed by atoms with E-state index >= 15 is 0 Å². The van der Waals surface area contributed by atoms with Crippen LogP contribution in [0.1, 0.15) is 49.4 Å². The van der Waals surface area contributed by atoms with Crippen LogP contribution in [0.2, 0.25) is 0 Å². The molecule has 0 spiro atoms. The first kappa shape index (κ1) is 18.4. The summed E-state index contributed by atoms with van der Waals surface area (Å²) in [6, 6.07) is 2.04. The van der Waals surface area contributed by atoms with Gasteiger partial charge < -0.3 is 14.7 Å². The Morgan fingerprint density at radius 3 is 2.68 bits per heavy atom. The van der Waals surface area contributed by atoms with Crippen molar-refractivity contribution in [2.45, 2.75) is 45.1 Å². The summed E-state index contributed by atoms with van der Waals surface area (Å²) in [6.07, 6.45) is 5.83. The molecule has 0 aliphatic carbocycles. The molecule has 3 heterocycles. The van der Waals surface area contributed by atoms with Crippen molar-refractivity contribution in [1.29, 1.82) is 0 Å². The minimum atomic E-state index is 0.102. The summed E-state index contributed by atoms with van der Waals surface area (Å²) in [5.74, 6) is 0.234. The topological polar surface area (TPSA) is 43.9 Å². The largest absolute Gasteiger partial charge is 0.337 e. The van der Waals surface area contributed by atoms with Gasteiger partial charge in [-0.15, -0.1) is 0 Å². The van der Waals surface area contributed by atoms with Gasteiger partial charge in [-0.25, -0.2) is 0 Å². The Morgan fingerprint density at radius 2 is 2.00 bits per heavy atom. The van der Waals surface area contributed by atoms with Crippen LogP contribution in [0.4, 0.5) is 0 Å². The van der Waals surface area contributed by atoms with Gasteiger partial charge in [-0.3, -0.25) is 9.59 Å². The van der Waals surface area contributed by atoms with Crippen LogP contribution in [0.15, 0.2) is 16.8 Å². The summed E-state index contributed by atoms with van der Waals surface area (Å²) in [5.41, 5.74) is 0.772. The van der Waals surface area contributed by atoms with Crippen molar-refractivity contribution in [1.82, 2.24) is 14.7 Å². The molecule has 0 radical (unpaired) electrons. The van der Waals surface area contributed by atoms with Gasteiger partial charge >= 0.3 is 0 Å². The number of nitrogens with zero attached hydrogens (tertiary/aromatic N) is 3. The average Bonchev–Trinajstić information content (AvgIpc) is 3.17. The van der Waals surface area contributed by atoms with Crippen LogP contribution in [-0.4, -0.2) is 71.8 Å². The highest BCUT2D eigenvalue weighted by molar-refractivity contribution is 7.08. The first-order chi connectivity index (χ1) is 12.1. The fourth-order valence-corrected chi connectivity index (χ4v) is 4.62. The summed E-state index contributed by atoms with van der Waals surface area (Å²) in [7, 11) is 0. The molecule has 2 saturated heterocycles. The fraction of sp³-hybridized carbons (Fsp3) is 0.684. The lowest BCUT2D eigenvalue weighted by molar-refractivity contribution is -0.132. The number of thiophene rings is 1. The van der Waals surface area contributed by atoms with Crippen LogP contribution < -0.4 is 0 Å². The van der Waals surface area contributed by atoms with Crippen molar-refractivity contribution in [2.24, 2.45) is 0 Å². The predicted molar refractivity (Wildman–Crippen MR) is 101 cm³/mol. The lowest BCUT2D eigenvalue weighted by Crippen LogP contribution is -2.53. The Labute approximate surface area is 154 Å². The molecule has 5 nitrogen and oxygen atoms in total. The Bertz CT molecular complexity index is 569. The van der Waals surface area contributed by atoms with Gasteiger partial charge in [-0.05, 0) is 50.2 Å². The molecule has 138 valence electrons. The minimum Gasteiger partial charge on any atom is -0.337 e. The van der Waals surface area contributed by atoms with E-state index in [1.54, 1.807) is 18.3 Å². The van der Waals surface area contributed by atoms with Crippen LogP contribution in [0.3, 0.4) is 0 Å². The van der Waals surface area contributed by atoms with Gasteiger partial charge in [0.1, 0.15) is 0 Å². The van der Waals surface area contributed by atoms with Crippen molar-refractivity contribution >= 4 is 23.2 Å². The molecule has 2 amide bonds. The monoisotopic (exact) mass is 363 g/mol. The van der Waals surface area contributed by atoms with Gasteiger partial charge in [-0.1, -0.05) is 6.42 Å². The standard InChI is InChI=1S/C19H29N3O2S/c1-16(23)22(12-11-20-8-3-2-4-9-20)18-6-5-10-21(14-18)19(24)17-7-13-25-15-17/h7,13,15,18H,2-6,8-12,14H2,1H3. The van der Waals surface area contributed by atoms with Crippen LogP contribution in [-0.2, 0) is 4.79 Å². The van der Waals surface area contributed by atoms with Crippen LogP contribution in [0.25, 0.3) is 0 Å². The SMILES string of the molecule is CC(=O)N(CCN1CCCCC1)C1CCCN(C(=O)c2ccsc2)C1. The van der Waals surface area contributed by atoms with Crippen molar-refractivity contribution in [3.05, 3.63) is 22.4 Å². The molecule has 1 unspecified atom stereocenters. The molecule has 0 bridgehead atoms. The lowest BCUT2D eigenvalue weighted by atomic mass is 10.0. The van der Waals surface area contributed by atoms with E-state index in [4.69, 9.17) is 0 Å². The second-order valence-electron chi connectivity index (χ2n) is 7.17. The summed E-state index contributed by atoms with van der Waals surface area (Å²) < 4.78 is 0. The number of carbonyl (C=O) groups is 2. The first-order valence-electron chi connectivity index (χ1n) is 9.46. The Hall–Kier alpha value is -1.40. The molecule has 0 aromatic carbocycles. The number of hydrogen-bond donors (Lipinski definition) is 0. The third-order valence-electron chi connectivity index (χ3n) is 5.40. The van der Waals surface area contributed by atoms with Gasteiger partial charge in [0.15, 0.2) is 0 Å². The highest BCUT2D eigenvalue weighted by Crippen LogP contribution is 2.20. The van der Waals surface area contributed by atoms with Gasteiger partial charge in [-0.2, -0.15) is 11.3 Å². The molecular weight excluding hydrogens is 334 g/mol. The molecule has 2 aliphatic heterocycles. The molecule has 25 heavy (non-hydrogen) atoms. The molecule has 3 rings (SSSR count). The van der Waals surface area contributed by atoms with Crippen LogP contribution in [0.5, 0.6) is 0 Å². The van der Waals surface area contributed by atoms with Crippen LogP contribution >= 0.6 is 11.3 Å². The molecule has 1 aromatic heterocycles. The number of carbonyl (C=O) groups excluding carboxylic acids is 2. The third kappa shape index (κ3) is 4.82. The second-order valence-corrected chi connectivity index (χ2v) is 7.95. The normalized spacial score (nSPS) is 22.0. The van der Waals surface area contributed by atoms with Crippen LogP contribution in [0, 0.1) is 0 Å². The van der Waals surface area contributed by atoms with Gasteiger partial charge in [0, 0.05) is 44.5 Å². The molecule has 2 fully saturated rings. The van der Waals surface area contributed by atoms with Crippen molar-refractivity contribution < 1.29 is 9.59 Å². The quantitative estimate of drug-likeness (QED) is 0.808. The first-order valence-corrected chi connectivity index (χ1v) is 10.4. The summed E-state index contributed by atoms with van der Waals surface area (Å²) >= 11 is 1.55. The zero-order valence-corrected chi connectivity index (χ0v) is 16.0. The van der Waals surface area contributed by atoms with E-state index in [-0.39, 0.29) is 17.9 Å². The fourth-order valence-electron chi connectivity index (χ4n) is 3.99. The number of rotatable bonds is 5. The molecule has 1 atom stereocenters. The van der Waals surface area contributed by atoms with Crippen molar-refractivity contribution in [2.75, 3.05) is 39.3 Å². The van der Waals surface area contributed by atoms with E-state index in [0.717, 1.165) is 51.1 Å². The highest BCUT2D eigenvalue weighted by Gasteiger charge is 2.30.